The summed E-state index contributed by atoms with van der Waals surface area (Å²) in [4.78, 5) is 27.8. The van der Waals surface area contributed by atoms with Gasteiger partial charge in [0.05, 0.1) is 43.8 Å². The number of anilines is 1. The first-order valence-electron chi connectivity index (χ1n) is 24.6. The Balaban J connectivity index is 1.33. The molecule has 0 unspecified atom stereocenters. The van der Waals surface area contributed by atoms with Gasteiger partial charge in [-0.05, 0) is 63.8 Å². The molecule has 1 aromatic carbocycles. The first-order valence-corrected chi connectivity index (χ1v) is 24.6. The molecule has 2 heterocycles. The predicted octanol–water partition coefficient (Wildman–Crippen LogP) is 12.5. The number of fused-ring (bicyclic) bond motifs is 3. The van der Waals surface area contributed by atoms with Crippen molar-refractivity contribution in [3.05, 3.63) is 30.6 Å². The average molecular weight is 821 g/mol. The lowest BCUT2D eigenvalue weighted by atomic mass is 10.1. The third-order valence-electron chi connectivity index (χ3n) is 11.7. The Morgan fingerprint density at radius 1 is 0.644 bits per heavy atom. The number of carbonyl (C=O) groups excluding carboxylic acids is 1. The molecular weight excluding hydrogens is 733 g/mol. The standard InChI is InChI=1S/C50H88N6O3/c1-6-9-11-13-15-17-19-21-27-33-54(8-3)36-38-58-40-41-59-39-37-55(34-28-22-20-18-16-14-12-10-7-2)35-29-23-24-32-47(57)53-50-48-49(56(43-51-48)42-44(4)5)45-30-25-26-31-46(45)52-50/h25-26,30-31,43-44H,6-24,27-29,32-42H2,1-5H3,(H,52,53,57). The lowest BCUT2D eigenvalue weighted by molar-refractivity contribution is -0.116. The number of hydrogen-bond donors (Lipinski definition) is 1. The minimum atomic E-state index is 0.0101. The van der Waals surface area contributed by atoms with Crippen molar-refractivity contribution in [3.63, 3.8) is 0 Å². The summed E-state index contributed by atoms with van der Waals surface area (Å²) in [5.74, 6) is 1.06. The smallest absolute Gasteiger partial charge is 0.225 e. The van der Waals surface area contributed by atoms with Gasteiger partial charge in [0.1, 0.15) is 5.52 Å². The fraction of sp³-hybridized carbons (Fsp3) is 0.780. The maximum absolute atomic E-state index is 13.2. The van der Waals surface area contributed by atoms with Gasteiger partial charge < -0.3 is 29.2 Å². The molecule has 0 aliphatic heterocycles. The normalized spacial score (nSPS) is 12.0. The van der Waals surface area contributed by atoms with Crippen LogP contribution in [0.4, 0.5) is 5.82 Å². The summed E-state index contributed by atoms with van der Waals surface area (Å²) < 4.78 is 14.2. The van der Waals surface area contributed by atoms with Crippen molar-refractivity contribution in [3.8, 4) is 0 Å². The molecule has 0 fully saturated rings. The number of likely N-dealkylation sites (N-methyl/N-ethyl adjacent to an activating group) is 1. The molecule has 0 bridgehead atoms. The minimum absolute atomic E-state index is 0.0101. The fourth-order valence-corrected chi connectivity index (χ4v) is 8.16. The number of pyridine rings is 1. The van der Waals surface area contributed by atoms with Crippen molar-refractivity contribution >= 4 is 33.7 Å². The molecule has 0 aliphatic rings. The first-order chi connectivity index (χ1) is 29.0. The molecule has 0 radical (unpaired) electrons. The number of hydrogen-bond acceptors (Lipinski definition) is 7. The van der Waals surface area contributed by atoms with Crippen LogP contribution in [-0.4, -0.2) is 95.9 Å². The molecule has 0 aliphatic carbocycles. The van der Waals surface area contributed by atoms with Crippen LogP contribution in [-0.2, 0) is 20.8 Å². The van der Waals surface area contributed by atoms with Gasteiger partial charge in [-0.3, -0.25) is 4.79 Å². The van der Waals surface area contributed by atoms with Crippen molar-refractivity contribution in [2.75, 3.05) is 71.0 Å². The van der Waals surface area contributed by atoms with Crippen LogP contribution in [0.5, 0.6) is 0 Å². The topological polar surface area (TPSA) is 84.8 Å². The number of imidazole rings is 1. The van der Waals surface area contributed by atoms with Crippen LogP contribution < -0.4 is 5.32 Å². The van der Waals surface area contributed by atoms with Gasteiger partial charge >= 0.3 is 0 Å². The number of nitrogens with one attached hydrogen (secondary N) is 1. The number of aromatic nitrogens is 3. The molecule has 0 saturated carbocycles. The molecule has 336 valence electrons. The molecule has 1 N–H and O–H groups in total. The summed E-state index contributed by atoms with van der Waals surface area (Å²) in [6.45, 7) is 21.4. The van der Waals surface area contributed by atoms with Gasteiger partial charge in [0.25, 0.3) is 0 Å². The number of nitrogens with zero attached hydrogens (tertiary/aromatic N) is 5. The maximum atomic E-state index is 13.2. The molecule has 2 aromatic heterocycles. The number of rotatable bonds is 39. The van der Waals surface area contributed by atoms with Gasteiger partial charge in [0.15, 0.2) is 5.82 Å². The number of para-hydroxylation sites is 1. The van der Waals surface area contributed by atoms with Crippen molar-refractivity contribution in [1.29, 1.82) is 0 Å². The highest BCUT2D eigenvalue weighted by Crippen LogP contribution is 2.29. The van der Waals surface area contributed by atoms with Crippen LogP contribution in [0.2, 0.25) is 0 Å². The van der Waals surface area contributed by atoms with Crippen LogP contribution in [0, 0.1) is 5.92 Å². The summed E-state index contributed by atoms with van der Waals surface area (Å²) in [7, 11) is 0. The molecule has 59 heavy (non-hydrogen) atoms. The Hall–Kier alpha value is -2.59. The zero-order chi connectivity index (χ0) is 42.2. The van der Waals surface area contributed by atoms with Crippen molar-refractivity contribution in [1.82, 2.24) is 24.3 Å². The Morgan fingerprint density at radius 2 is 1.15 bits per heavy atom. The number of carbonyl (C=O) groups is 1. The minimum Gasteiger partial charge on any atom is -0.378 e. The first kappa shape index (κ1) is 50.8. The van der Waals surface area contributed by atoms with E-state index in [1.54, 1.807) is 0 Å². The molecular formula is C50H88N6O3. The summed E-state index contributed by atoms with van der Waals surface area (Å²) >= 11 is 0. The zero-order valence-electron chi connectivity index (χ0n) is 38.8. The molecule has 0 saturated heterocycles. The highest BCUT2D eigenvalue weighted by molar-refractivity contribution is 6.09. The van der Waals surface area contributed by atoms with Gasteiger partial charge in [-0.1, -0.05) is 162 Å². The fourth-order valence-electron chi connectivity index (χ4n) is 8.16. The van der Waals surface area contributed by atoms with Gasteiger partial charge in [0, 0.05) is 31.4 Å². The third-order valence-corrected chi connectivity index (χ3v) is 11.7. The lowest BCUT2D eigenvalue weighted by Crippen LogP contribution is -2.30. The average Bonchev–Trinajstić information content (AvgIpc) is 3.65. The summed E-state index contributed by atoms with van der Waals surface area (Å²) in [5.41, 5.74) is 2.69. The number of ether oxygens (including phenoxy) is 2. The second-order valence-electron chi connectivity index (χ2n) is 17.5. The van der Waals surface area contributed by atoms with Crippen molar-refractivity contribution in [2.24, 2.45) is 5.92 Å². The van der Waals surface area contributed by atoms with Crippen LogP contribution in [0.15, 0.2) is 30.6 Å². The van der Waals surface area contributed by atoms with E-state index in [0.29, 0.717) is 31.4 Å². The quantitative estimate of drug-likeness (QED) is 0.0574. The van der Waals surface area contributed by atoms with E-state index >= 15 is 0 Å². The van der Waals surface area contributed by atoms with Gasteiger partial charge in [-0.25, -0.2) is 9.97 Å². The number of unbranched alkanes of at least 4 members (excludes halogenated alkanes) is 18. The SMILES string of the molecule is CCCCCCCCCCCN(CC)CCOCCOCCN(CCCCCCCCCCC)CCCCCC(=O)Nc1nc2ccccc2c2c1ncn2CC(C)C. The predicted molar refractivity (Wildman–Crippen MR) is 252 cm³/mol. The highest BCUT2D eigenvalue weighted by atomic mass is 16.5. The molecule has 3 rings (SSSR count). The molecule has 0 spiro atoms. The van der Waals surface area contributed by atoms with Crippen LogP contribution in [0.3, 0.4) is 0 Å². The molecule has 1 amide bonds. The lowest BCUT2D eigenvalue weighted by Gasteiger charge is -2.22. The third kappa shape index (κ3) is 22.2. The molecule has 0 atom stereocenters. The van der Waals surface area contributed by atoms with Crippen molar-refractivity contribution < 1.29 is 14.3 Å². The summed E-state index contributed by atoms with van der Waals surface area (Å²) in [6.07, 6.45) is 29.8. The van der Waals surface area contributed by atoms with Gasteiger partial charge in [0.2, 0.25) is 5.91 Å². The maximum Gasteiger partial charge on any atom is 0.225 e. The van der Waals surface area contributed by atoms with E-state index in [2.05, 4.69) is 60.4 Å². The van der Waals surface area contributed by atoms with Crippen LogP contribution >= 0.6 is 0 Å². The van der Waals surface area contributed by atoms with E-state index in [4.69, 9.17) is 19.4 Å². The van der Waals surface area contributed by atoms with Gasteiger partial charge in [-0.2, -0.15) is 0 Å². The van der Waals surface area contributed by atoms with E-state index in [1.807, 2.05) is 24.5 Å². The summed E-state index contributed by atoms with van der Waals surface area (Å²) in [6, 6.07) is 8.14. The molecule has 9 nitrogen and oxygen atoms in total. The number of amides is 1. The summed E-state index contributed by atoms with van der Waals surface area (Å²) in [5, 5.41) is 4.18. The zero-order valence-corrected chi connectivity index (χ0v) is 38.8. The Morgan fingerprint density at radius 3 is 1.71 bits per heavy atom. The van der Waals surface area contributed by atoms with Crippen LogP contribution in [0.1, 0.15) is 176 Å². The van der Waals surface area contributed by atoms with Crippen LogP contribution in [0.25, 0.3) is 21.9 Å². The second-order valence-corrected chi connectivity index (χ2v) is 17.5. The van der Waals surface area contributed by atoms with E-state index in [0.717, 1.165) is 93.7 Å². The van der Waals surface area contributed by atoms with E-state index in [1.165, 1.54) is 122 Å². The Bertz CT molecular complexity index is 1480. The largest absolute Gasteiger partial charge is 0.378 e. The van der Waals surface area contributed by atoms with E-state index in [-0.39, 0.29) is 5.91 Å². The molecule has 9 heteroatoms. The second kappa shape index (κ2) is 33.1. The van der Waals surface area contributed by atoms with E-state index < -0.39 is 0 Å². The Kier molecular flexibility index (Phi) is 28.5. The van der Waals surface area contributed by atoms with Crippen molar-refractivity contribution in [2.45, 2.75) is 182 Å². The Labute approximate surface area is 361 Å². The van der Waals surface area contributed by atoms with Gasteiger partial charge in [-0.15, -0.1) is 0 Å². The number of benzene rings is 1. The monoisotopic (exact) mass is 821 g/mol. The molecule has 3 aromatic rings. The highest BCUT2D eigenvalue weighted by Gasteiger charge is 2.16. The van der Waals surface area contributed by atoms with E-state index in [9.17, 15) is 4.79 Å².